The quantitative estimate of drug-likeness (QED) is 0.446. The number of hydrogen-bond donors (Lipinski definition) is 1. The number of ether oxygens (including phenoxy) is 4. The molecule has 0 saturated heterocycles. The number of anilines is 1. The van der Waals surface area contributed by atoms with Crippen molar-refractivity contribution < 1.29 is 36.9 Å². The van der Waals surface area contributed by atoms with E-state index in [0.29, 0.717) is 38.8 Å². The molecule has 9 nitrogen and oxygen atoms in total. The molecule has 0 fully saturated rings. The van der Waals surface area contributed by atoms with Gasteiger partial charge in [0.15, 0.2) is 28.5 Å². The third kappa shape index (κ3) is 4.14. The number of hydrogen-bond acceptors (Lipinski definition) is 7. The fourth-order valence-electron chi connectivity index (χ4n) is 3.58. The average Bonchev–Trinajstić information content (AvgIpc) is 3.49. The van der Waals surface area contributed by atoms with E-state index in [0.717, 1.165) is 6.07 Å². The Morgan fingerprint density at radius 3 is 2.57 bits per heavy atom. The van der Waals surface area contributed by atoms with Gasteiger partial charge in [-0.25, -0.2) is 9.50 Å². The number of amides is 1. The first-order valence-electron chi connectivity index (χ1n) is 10.2. The second-order valence-electron chi connectivity index (χ2n) is 7.41. The molecule has 180 valence electrons. The number of carbonyl (C=O) groups excluding carboxylic acids is 1. The summed E-state index contributed by atoms with van der Waals surface area (Å²) in [7, 11) is 2.89. The predicted molar refractivity (Wildman–Crippen MR) is 117 cm³/mol. The summed E-state index contributed by atoms with van der Waals surface area (Å²) in [6.07, 6.45) is -4.76. The van der Waals surface area contributed by atoms with Crippen LogP contribution in [0.5, 0.6) is 23.0 Å². The number of rotatable bonds is 5. The summed E-state index contributed by atoms with van der Waals surface area (Å²) in [5.74, 6) is 0.961. The van der Waals surface area contributed by atoms with Crippen molar-refractivity contribution in [2.45, 2.75) is 6.18 Å². The van der Waals surface area contributed by atoms with Gasteiger partial charge in [0, 0.05) is 17.7 Å². The van der Waals surface area contributed by atoms with Crippen molar-refractivity contribution in [1.82, 2.24) is 14.6 Å². The average molecular weight is 486 g/mol. The first-order chi connectivity index (χ1) is 16.8. The van der Waals surface area contributed by atoms with Crippen molar-refractivity contribution in [2.75, 3.05) is 26.3 Å². The van der Waals surface area contributed by atoms with Gasteiger partial charge in [0.05, 0.1) is 25.6 Å². The fraction of sp³-hybridized carbons (Fsp3) is 0.174. The van der Waals surface area contributed by atoms with E-state index in [4.69, 9.17) is 18.9 Å². The number of fused-ring (bicyclic) bond motifs is 2. The molecule has 0 unspecified atom stereocenters. The van der Waals surface area contributed by atoms with Crippen molar-refractivity contribution in [3.8, 4) is 34.3 Å². The van der Waals surface area contributed by atoms with Gasteiger partial charge in [-0.05, 0) is 36.4 Å². The second-order valence-corrected chi connectivity index (χ2v) is 7.41. The maximum atomic E-state index is 13.9. The van der Waals surface area contributed by atoms with Crippen molar-refractivity contribution in [3.05, 3.63) is 59.9 Å². The lowest BCUT2D eigenvalue weighted by atomic mass is 10.1. The molecule has 0 saturated carbocycles. The topological polar surface area (TPSA) is 96.2 Å². The number of halogens is 3. The van der Waals surface area contributed by atoms with Crippen LogP contribution in [0.25, 0.3) is 16.9 Å². The number of alkyl halides is 3. The third-order valence-corrected chi connectivity index (χ3v) is 5.28. The molecular weight excluding hydrogens is 469 g/mol. The Morgan fingerprint density at radius 1 is 1.03 bits per heavy atom. The van der Waals surface area contributed by atoms with Crippen LogP contribution >= 0.6 is 0 Å². The van der Waals surface area contributed by atoms with Crippen LogP contribution in [0, 0.1) is 0 Å². The summed E-state index contributed by atoms with van der Waals surface area (Å²) in [5.41, 5.74) is -0.788. The molecule has 35 heavy (non-hydrogen) atoms. The van der Waals surface area contributed by atoms with Crippen molar-refractivity contribution in [1.29, 1.82) is 0 Å². The van der Waals surface area contributed by atoms with E-state index >= 15 is 0 Å². The molecule has 2 aromatic heterocycles. The van der Waals surface area contributed by atoms with Gasteiger partial charge in [-0.15, -0.1) is 0 Å². The number of nitrogens with zero attached hydrogens (tertiary/aromatic N) is 3. The van der Waals surface area contributed by atoms with E-state index in [-0.39, 0.29) is 23.8 Å². The second kappa shape index (κ2) is 8.38. The van der Waals surface area contributed by atoms with E-state index < -0.39 is 17.8 Å². The van der Waals surface area contributed by atoms with Gasteiger partial charge in [-0.2, -0.15) is 18.3 Å². The van der Waals surface area contributed by atoms with E-state index in [9.17, 15) is 18.0 Å². The Labute approximate surface area is 196 Å². The number of benzene rings is 2. The molecule has 2 aromatic carbocycles. The summed E-state index contributed by atoms with van der Waals surface area (Å²) in [5, 5.41) is 6.46. The highest BCUT2D eigenvalue weighted by atomic mass is 19.4. The fourth-order valence-corrected chi connectivity index (χ4v) is 3.58. The molecule has 5 rings (SSSR count). The lowest BCUT2D eigenvalue weighted by Gasteiger charge is -2.11. The SMILES string of the molecule is COc1ccc(NC(=O)c2cc3nc(-c4ccc5c(c4)OCO5)cc(C(F)(F)F)n3n2)c(OC)c1. The number of nitrogens with one attached hydrogen (secondary N) is 1. The molecule has 0 bridgehead atoms. The minimum Gasteiger partial charge on any atom is -0.497 e. The van der Waals surface area contributed by atoms with E-state index in [1.165, 1.54) is 20.3 Å². The van der Waals surface area contributed by atoms with Gasteiger partial charge in [-0.3, -0.25) is 4.79 Å². The van der Waals surface area contributed by atoms with Gasteiger partial charge in [0.2, 0.25) is 6.79 Å². The minimum absolute atomic E-state index is 0.0269. The smallest absolute Gasteiger partial charge is 0.433 e. The molecule has 0 aliphatic carbocycles. The first kappa shape index (κ1) is 22.3. The first-order valence-corrected chi connectivity index (χ1v) is 10.2. The zero-order valence-corrected chi connectivity index (χ0v) is 18.3. The molecule has 0 atom stereocenters. The van der Waals surface area contributed by atoms with Gasteiger partial charge in [0.25, 0.3) is 5.91 Å². The Morgan fingerprint density at radius 2 is 1.83 bits per heavy atom. The summed E-state index contributed by atoms with van der Waals surface area (Å²) in [4.78, 5) is 17.1. The Hall–Kier alpha value is -4.48. The van der Waals surface area contributed by atoms with E-state index in [2.05, 4.69) is 15.4 Å². The van der Waals surface area contributed by atoms with Crippen LogP contribution in [0.15, 0.2) is 48.5 Å². The van der Waals surface area contributed by atoms with Gasteiger partial charge in [0.1, 0.15) is 11.5 Å². The highest BCUT2D eigenvalue weighted by Crippen LogP contribution is 2.37. The van der Waals surface area contributed by atoms with Gasteiger partial charge >= 0.3 is 6.18 Å². The minimum atomic E-state index is -4.76. The van der Waals surface area contributed by atoms with Crippen LogP contribution in [-0.2, 0) is 6.18 Å². The number of methoxy groups -OCH3 is 2. The Balaban J connectivity index is 1.54. The predicted octanol–water partition coefficient (Wildman–Crippen LogP) is 4.41. The zero-order valence-electron chi connectivity index (χ0n) is 18.3. The normalized spacial score (nSPS) is 12.6. The standard InChI is InChI=1S/C23H17F3N4O5/c1-32-13-4-5-14(18(8-13)33-2)28-22(31)16-10-21-27-15(9-20(23(24,25)26)30(21)29-16)12-3-6-17-19(7-12)35-11-34-17/h3-10H,11H2,1-2H3,(H,28,31). The van der Waals surface area contributed by atoms with E-state index in [1.807, 2.05) is 0 Å². The molecule has 12 heteroatoms. The third-order valence-electron chi connectivity index (χ3n) is 5.28. The largest absolute Gasteiger partial charge is 0.497 e. The Bertz CT molecular complexity index is 1450. The lowest BCUT2D eigenvalue weighted by molar-refractivity contribution is -0.142. The summed E-state index contributed by atoms with van der Waals surface area (Å²) in [6.45, 7) is 0.0269. The molecule has 4 aromatic rings. The van der Waals surface area contributed by atoms with Crippen LogP contribution in [0.4, 0.5) is 18.9 Å². The van der Waals surface area contributed by atoms with Crippen molar-refractivity contribution in [2.24, 2.45) is 0 Å². The molecule has 1 aliphatic rings. The van der Waals surface area contributed by atoms with Gasteiger partial charge < -0.3 is 24.3 Å². The molecule has 1 aliphatic heterocycles. The van der Waals surface area contributed by atoms with Crippen LogP contribution in [0.2, 0.25) is 0 Å². The van der Waals surface area contributed by atoms with Crippen molar-refractivity contribution in [3.63, 3.8) is 0 Å². The molecule has 1 amide bonds. The Kier molecular flexibility index (Phi) is 5.35. The summed E-state index contributed by atoms with van der Waals surface area (Å²) in [6, 6.07) is 11.5. The molecule has 0 spiro atoms. The maximum Gasteiger partial charge on any atom is 0.433 e. The highest BCUT2D eigenvalue weighted by molar-refractivity contribution is 6.04. The monoisotopic (exact) mass is 486 g/mol. The highest BCUT2D eigenvalue weighted by Gasteiger charge is 2.36. The van der Waals surface area contributed by atoms with Crippen LogP contribution < -0.4 is 24.3 Å². The number of carbonyl (C=O) groups is 1. The molecule has 0 radical (unpaired) electrons. The molecule has 1 N–H and O–H groups in total. The van der Waals surface area contributed by atoms with Crippen LogP contribution in [-0.4, -0.2) is 41.5 Å². The summed E-state index contributed by atoms with van der Waals surface area (Å²) >= 11 is 0. The van der Waals surface area contributed by atoms with Crippen molar-refractivity contribution >= 4 is 17.2 Å². The van der Waals surface area contributed by atoms with Gasteiger partial charge in [-0.1, -0.05) is 0 Å². The maximum absolute atomic E-state index is 13.9. The lowest BCUT2D eigenvalue weighted by Crippen LogP contribution is -2.16. The van der Waals surface area contributed by atoms with Crippen LogP contribution in [0.3, 0.4) is 0 Å². The zero-order chi connectivity index (χ0) is 24.7. The summed E-state index contributed by atoms with van der Waals surface area (Å²) < 4.78 is 63.2. The molecule has 3 heterocycles. The molecular formula is C23H17F3N4O5. The van der Waals surface area contributed by atoms with E-state index in [1.54, 1.807) is 36.4 Å². The number of aromatic nitrogens is 3. The van der Waals surface area contributed by atoms with Crippen LogP contribution in [0.1, 0.15) is 16.2 Å².